The molecule has 1 aromatic heterocycles. The van der Waals surface area contributed by atoms with Crippen LogP contribution in [-0.2, 0) is 9.59 Å². The number of carbonyl (C=O) groups excluding carboxylic acids is 4. The standard InChI is InChI=1S/C36H39FN4O5/c1-36(2,3)41-34(44)23-16-22-17-25(18-23)39-30(42)10-8-6-5-7-9-11-31(43)40-28-20-29-27(19-26(22)28)32(35(45)38-4)33(46-29)21-12-14-24(37)15-13-21/h12-20H,5-11H2,1-4H3,(H,38,45)(H,39,42)(H,40,43)(H,41,44). The lowest BCUT2D eigenvalue weighted by atomic mass is 9.96. The minimum absolute atomic E-state index is 0.156. The highest BCUT2D eigenvalue weighted by Crippen LogP contribution is 2.41. The van der Waals surface area contributed by atoms with Crippen LogP contribution >= 0.6 is 0 Å². The van der Waals surface area contributed by atoms with E-state index in [1.165, 1.54) is 31.3 Å². The van der Waals surface area contributed by atoms with E-state index >= 15 is 0 Å². The van der Waals surface area contributed by atoms with E-state index < -0.39 is 17.3 Å². The molecule has 0 saturated carbocycles. The first-order valence-corrected chi connectivity index (χ1v) is 15.6. The smallest absolute Gasteiger partial charge is 0.255 e. The van der Waals surface area contributed by atoms with E-state index in [0.717, 1.165) is 25.7 Å². The molecule has 0 unspecified atom stereocenters. The number of rotatable bonds is 3. The number of anilines is 2. The number of nitrogens with one attached hydrogen (secondary N) is 4. The second-order valence-electron chi connectivity index (χ2n) is 12.7. The SMILES string of the molecule is CNC(=O)c1c(-c2ccc(F)cc2)oc2cc3c(cc12)-c1cc(cc(C(=O)NC(C)(C)C)c1)NC(=O)CCCCCCCC(=O)N3. The van der Waals surface area contributed by atoms with Gasteiger partial charge in [0.05, 0.1) is 11.3 Å². The molecule has 0 spiro atoms. The van der Waals surface area contributed by atoms with Gasteiger partial charge < -0.3 is 25.7 Å². The van der Waals surface area contributed by atoms with E-state index in [9.17, 15) is 23.6 Å². The van der Waals surface area contributed by atoms with Crippen molar-refractivity contribution in [2.45, 2.75) is 71.3 Å². The number of furan rings is 1. The van der Waals surface area contributed by atoms with Crippen LogP contribution in [0.3, 0.4) is 0 Å². The van der Waals surface area contributed by atoms with Crippen molar-refractivity contribution >= 4 is 46.0 Å². The van der Waals surface area contributed by atoms with Gasteiger partial charge in [0.2, 0.25) is 11.8 Å². The van der Waals surface area contributed by atoms with Crippen molar-refractivity contribution in [2.75, 3.05) is 17.7 Å². The van der Waals surface area contributed by atoms with E-state index in [-0.39, 0.29) is 29.0 Å². The molecule has 4 aromatic rings. The summed E-state index contributed by atoms with van der Waals surface area (Å²) in [6.07, 6.45) is 4.69. The Morgan fingerprint density at radius 2 is 1.46 bits per heavy atom. The molecule has 46 heavy (non-hydrogen) atoms. The van der Waals surface area contributed by atoms with Crippen LogP contribution in [-0.4, -0.2) is 36.2 Å². The summed E-state index contributed by atoms with van der Waals surface area (Å²) < 4.78 is 20.0. The van der Waals surface area contributed by atoms with E-state index in [2.05, 4.69) is 21.3 Å². The summed E-state index contributed by atoms with van der Waals surface area (Å²) in [6, 6.07) is 14.1. The van der Waals surface area contributed by atoms with Gasteiger partial charge in [-0.3, -0.25) is 19.2 Å². The third-order valence-electron chi connectivity index (χ3n) is 7.75. The van der Waals surface area contributed by atoms with Crippen molar-refractivity contribution < 1.29 is 28.0 Å². The summed E-state index contributed by atoms with van der Waals surface area (Å²) in [7, 11) is 1.51. The quantitative estimate of drug-likeness (QED) is 0.188. The second-order valence-corrected chi connectivity index (χ2v) is 12.7. The summed E-state index contributed by atoms with van der Waals surface area (Å²) in [6.45, 7) is 5.63. The van der Waals surface area contributed by atoms with Crippen LogP contribution in [0.1, 0.15) is 86.4 Å². The molecule has 240 valence electrons. The molecule has 3 aromatic carbocycles. The fourth-order valence-corrected chi connectivity index (χ4v) is 5.58. The molecular weight excluding hydrogens is 587 g/mol. The molecule has 2 heterocycles. The average molecular weight is 627 g/mol. The fraction of sp³-hybridized carbons (Fsp3) is 0.333. The van der Waals surface area contributed by atoms with Crippen LogP contribution in [0, 0.1) is 5.82 Å². The molecule has 0 saturated heterocycles. The van der Waals surface area contributed by atoms with Gasteiger partial charge in [0.15, 0.2) is 0 Å². The van der Waals surface area contributed by atoms with Gasteiger partial charge in [-0.25, -0.2) is 4.39 Å². The van der Waals surface area contributed by atoms with Crippen molar-refractivity contribution in [3.05, 3.63) is 71.5 Å². The molecule has 2 bridgehead atoms. The zero-order valence-electron chi connectivity index (χ0n) is 26.6. The van der Waals surface area contributed by atoms with Crippen LogP contribution in [0.25, 0.3) is 33.4 Å². The summed E-state index contributed by atoms with van der Waals surface area (Å²) >= 11 is 0. The summed E-state index contributed by atoms with van der Waals surface area (Å²) in [5.74, 6) is -1.27. The molecule has 5 rings (SSSR count). The number of carbonyl (C=O) groups is 4. The number of benzene rings is 3. The first-order valence-electron chi connectivity index (χ1n) is 15.6. The molecule has 0 radical (unpaired) electrons. The lowest BCUT2D eigenvalue weighted by Crippen LogP contribution is -2.40. The third kappa shape index (κ3) is 7.62. The molecular formula is C36H39FN4O5. The van der Waals surface area contributed by atoms with Crippen molar-refractivity contribution in [3.63, 3.8) is 0 Å². The maximum Gasteiger partial charge on any atom is 0.255 e. The van der Waals surface area contributed by atoms with E-state index in [0.29, 0.717) is 63.9 Å². The normalized spacial score (nSPS) is 14.6. The molecule has 0 aliphatic carbocycles. The van der Waals surface area contributed by atoms with Gasteiger partial charge in [0.1, 0.15) is 17.2 Å². The Balaban J connectivity index is 1.75. The number of hydrogen-bond acceptors (Lipinski definition) is 5. The Bertz CT molecular complexity index is 1800. The van der Waals surface area contributed by atoms with Gasteiger partial charge in [-0.05, 0) is 87.7 Å². The number of hydrogen-bond donors (Lipinski definition) is 4. The van der Waals surface area contributed by atoms with Crippen LogP contribution in [0.5, 0.6) is 0 Å². The average Bonchev–Trinajstić information content (AvgIpc) is 3.37. The highest BCUT2D eigenvalue weighted by atomic mass is 19.1. The van der Waals surface area contributed by atoms with Crippen LogP contribution in [0.2, 0.25) is 0 Å². The van der Waals surface area contributed by atoms with E-state index in [1.54, 1.807) is 30.3 Å². The van der Waals surface area contributed by atoms with Gasteiger partial charge in [0.25, 0.3) is 11.8 Å². The van der Waals surface area contributed by atoms with Crippen LogP contribution in [0.4, 0.5) is 15.8 Å². The lowest BCUT2D eigenvalue weighted by molar-refractivity contribution is -0.117. The minimum atomic E-state index is -0.516. The number of halogens is 1. The topological polar surface area (TPSA) is 130 Å². The summed E-state index contributed by atoms with van der Waals surface area (Å²) in [5, 5.41) is 12.1. The van der Waals surface area contributed by atoms with Crippen molar-refractivity contribution in [1.82, 2.24) is 10.6 Å². The Hall–Kier alpha value is -4.99. The van der Waals surface area contributed by atoms with Crippen molar-refractivity contribution in [1.29, 1.82) is 0 Å². The van der Waals surface area contributed by atoms with Gasteiger partial charge in [0, 0.05) is 59.3 Å². The Morgan fingerprint density at radius 1 is 0.804 bits per heavy atom. The Labute approximate surface area is 267 Å². The second kappa shape index (κ2) is 13.6. The van der Waals surface area contributed by atoms with Gasteiger partial charge in [-0.1, -0.05) is 19.3 Å². The Morgan fingerprint density at radius 3 is 2.11 bits per heavy atom. The minimum Gasteiger partial charge on any atom is -0.455 e. The van der Waals surface area contributed by atoms with E-state index in [1.807, 2.05) is 20.8 Å². The van der Waals surface area contributed by atoms with E-state index in [4.69, 9.17) is 4.42 Å². The molecule has 4 N–H and O–H groups in total. The summed E-state index contributed by atoms with van der Waals surface area (Å²) in [4.78, 5) is 52.8. The molecule has 10 heteroatoms. The highest BCUT2D eigenvalue weighted by molar-refractivity contribution is 6.13. The monoisotopic (exact) mass is 626 g/mol. The van der Waals surface area contributed by atoms with Crippen molar-refractivity contribution in [3.8, 4) is 22.5 Å². The molecule has 0 fully saturated rings. The number of fused-ring (bicyclic) bond motifs is 5. The zero-order valence-corrected chi connectivity index (χ0v) is 26.6. The molecule has 9 nitrogen and oxygen atoms in total. The first-order chi connectivity index (χ1) is 21.9. The zero-order chi connectivity index (χ0) is 33.0. The molecule has 1 aliphatic rings. The van der Waals surface area contributed by atoms with Gasteiger partial charge in [-0.15, -0.1) is 0 Å². The van der Waals surface area contributed by atoms with Gasteiger partial charge >= 0.3 is 0 Å². The predicted molar refractivity (Wildman–Crippen MR) is 177 cm³/mol. The highest BCUT2D eigenvalue weighted by Gasteiger charge is 2.25. The predicted octanol–water partition coefficient (Wildman–Crippen LogP) is 7.42. The third-order valence-corrected chi connectivity index (χ3v) is 7.75. The number of amides is 4. The van der Waals surface area contributed by atoms with Gasteiger partial charge in [-0.2, -0.15) is 0 Å². The molecule has 4 amide bonds. The van der Waals surface area contributed by atoms with Crippen LogP contribution in [0.15, 0.2) is 59.0 Å². The fourth-order valence-electron chi connectivity index (χ4n) is 5.58. The maximum atomic E-state index is 13.8. The first kappa shape index (κ1) is 32.4. The van der Waals surface area contributed by atoms with Crippen molar-refractivity contribution in [2.24, 2.45) is 0 Å². The lowest BCUT2D eigenvalue weighted by Gasteiger charge is -2.21. The largest absolute Gasteiger partial charge is 0.455 e. The molecule has 0 atom stereocenters. The molecule has 1 aliphatic heterocycles. The summed E-state index contributed by atoms with van der Waals surface area (Å²) in [5.41, 5.74) is 2.76. The van der Waals surface area contributed by atoms with Crippen LogP contribution < -0.4 is 21.3 Å². The Kier molecular flexibility index (Phi) is 9.55. The maximum absolute atomic E-state index is 13.8.